The second kappa shape index (κ2) is 6.33. The molecular formula is C22H20PSb. The molecule has 1 fully saturated rings. The third-order valence-electron chi connectivity index (χ3n) is 5.34. The summed E-state index contributed by atoms with van der Waals surface area (Å²) in [6.07, 6.45) is 2.83. The van der Waals surface area contributed by atoms with E-state index in [0.717, 1.165) is 9.52 Å². The fraction of sp³-hybridized carbons (Fsp3) is 0.182. The first kappa shape index (κ1) is 15.2. The molecule has 0 radical (unpaired) electrons. The fourth-order valence-corrected chi connectivity index (χ4v) is 21.5. The van der Waals surface area contributed by atoms with Crippen LogP contribution >= 0.6 is 7.92 Å². The van der Waals surface area contributed by atoms with Gasteiger partial charge in [-0.05, 0) is 0 Å². The Labute approximate surface area is 152 Å². The summed E-state index contributed by atoms with van der Waals surface area (Å²) in [6, 6.07) is 32.3. The predicted octanol–water partition coefficient (Wildman–Crippen LogP) is 3.51. The van der Waals surface area contributed by atoms with Gasteiger partial charge in [0.05, 0.1) is 0 Å². The van der Waals surface area contributed by atoms with E-state index in [1.54, 1.807) is 17.9 Å². The normalized spacial score (nSPS) is 25.4. The predicted molar refractivity (Wildman–Crippen MR) is 107 cm³/mol. The van der Waals surface area contributed by atoms with Gasteiger partial charge in [-0.25, -0.2) is 0 Å². The molecule has 0 aliphatic carbocycles. The molecule has 24 heavy (non-hydrogen) atoms. The van der Waals surface area contributed by atoms with Gasteiger partial charge in [0.2, 0.25) is 0 Å². The van der Waals surface area contributed by atoms with Gasteiger partial charge in [0.1, 0.15) is 0 Å². The molecule has 0 spiro atoms. The molecule has 2 aliphatic rings. The summed E-state index contributed by atoms with van der Waals surface area (Å²) < 4.78 is 4.40. The molecule has 118 valence electrons. The van der Waals surface area contributed by atoms with Gasteiger partial charge < -0.3 is 0 Å². The van der Waals surface area contributed by atoms with Crippen molar-refractivity contribution in [2.24, 2.45) is 0 Å². The van der Waals surface area contributed by atoms with Gasteiger partial charge in [0.25, 0.3) is 0 Å². The van der Waals surface area contributed by atoms with Crippen LogP contribution in [0.15, 0.2) is 84.9 Å². The van der Waals surface area contributed by atoms with Crippen LogP contribution in [0, 0.1) is 0 Å². The Morgan fingerprint density at radius 2 is 1.42 bits per heavy atom. The van der Waals surface area contributed by atoms with Crippen molar-refractivity contribution in [2.75, 3.05) is 6.16 Å². The van der Waals surface area contributed by atoms with E-state index in [0.29, 0.717) is 0 Å². The Hall–Kier alpha value is -1.09. The quantitative estimate of drug-likeness (QED) is 0.426. The summed E-state index contributed by atoms with van der Waals surface area (Å²) in [5.74, 6) is 0.829. The molecule has 0 bridgehead atoms. The number of hydrogen-bond acceptors (Lipinski definition) is 0. The van der Waals surface area contributed by atoms with Crippen LogP contribution in [0.25, 0.3) is 0 Å². The van der Waals surface area contributed by atoms with E-state index in [9.17, 15) is 0 Å². The Morgan fingerprint density at radius 1 is 0.750 bits per heavy atom. The van der Waals surface area contributed by atoms with Gasteiger partial charge >= 0.3 is 153 Å². The third kappa shape index (κ3) is 2.39. The molecule has 0 N–H and O–H groups in total. The second-order valence-corrected chi connectivity index (χ2v) is 16.8. The molecule has 0 amide bonds. The zero-order valence-electron chi connectivity index (χ0n) is 13.5. The zero-order chi connectivity index (χ0) is 15.9. The van der Waals surface area contributed by atoms with Gasteiger partial charge in [0, 0.05) is 0 Å². The number of fused-ring (bicyclic) bond motifs is 3. The first-order valence-corrected chi connectivity index (χ1v) is 14.3. The van der Waals surface area contributed by atoms with Crippen molar-refractivity contribution in [2.45, 2.75) is 15.9 Å². The topological polar surface area (TPSA) is 0 Å². The molecule has 0 saturated carbocycles. The van der Waals surface area contributed by atoms with Gasteiger partial charge in [-0.15, -0.1) is 0 Å². The van der Waals surface area contributed by atoms with Crippen LogP contribution in [-0.2, 0) is 0 Å². The van der Waals surface area contributed by atoms with E-state index in [4.69, 9.17) is 0 Å². The second-order valence-electron chi connectivity index (χ2n) is 6.60. The zero-order valence-corrected chi connectivity index (χ0v) is 17.0. The Kier molecular flexibility index (Phi) is 4.00. The van der Waals surface area contributed by atoms with Crippen molar-refractivity contribution >= 4 is 40.5 Å². The van der Waals surface area contributed by atoms with E-state index in [-0.39, 0.29) is 7.92 Å². The van der Waals surface area contributed by atoms with Gasteiger partial charge in [-0.1, -0.05) is 0 Å². The van der Waals surface area contributed by atoms with Crippen LogP contribution in [0.5, 0.6) is 0 Å². The third-order valence-corrected chi connectivity index (χ3v) is 19.6. The fourth-order valence-electron chi connectivity index (χ4n) is 4.36. The van der Waals surface area contributed by atoms with Crippen LogP contribution in [0.3, 0.4) is 0 Å². The van der Waals surface area contributed by atoms with Crippen LogP contribution in [0.4, 0.5) is 0 Å². The molecule has 2 heteroatoms. The molecular weight excluding hydrogens is 417 g/mol. The van der Waals surface area contributed by atoms with E-state index in [2.05, 4.69) is 84.9 Å². The molecule has 0 aromatic heterocycles. The first-order chi connectivity index (χ1) is 11.9. The molecule has 2 heterocycles. The van der Waals surface area contributed by atoms with Crippen molar-refractivity contribution in [3.8, 4) is 0 Å². The molecule has 5 rings (SSSR count). The maximum absolute atomic E-state index is 2.46. The Balaban J connectivity index is 1.65. The van der Waals surface area contributed by atoms with Crippen molar-refractivity contribution in [1.82, 2.24) is 0 Å². The first-order valence-electron chi connectivity index (χ1n) is 8.68. The molecule has 3 aromatic carbocycles. The van der Waals surface area contributed by atoms with Crippen LogP contribution in [0.1, 0.15) is 17.9 Å². The molecule has 3 unspecified atom stereocenters. The van der Waals surface area contributed by atoms with E-state index in [1.807, 2.05) is 0 Å². The van der Waals surface area contributed by atoms with Crippen molar-refractivity contribution in [1.29, 1.82) is 0 Å². The SMILES string of the molecule is c1ccc(P2CCC3c4cccc[c]4[Sb]([c]4ccccc4)[CH]32)cc1. The summed E-state index contributed by atoms with van der Waals surface area (Å²) in [4.78, 5) is 0. The summed E-state index contributed by atoms with van der Waals surface area (Å²) in [6.45, 7) is 0. The summed E-state index contributed by atoms with van der Waals surface area (Å²) in [5.41, 5.74) is 1.70. The van der Waals surface area contributed by atoms with Crippen LogP contribution in [-0.4, -0.2) is 30.0 Å². The molecule has 1 saturated heterocycles. The van der Waals surface area contributed by atoms with Gasteiger partial charge in [0.15, 0.2) is 0 Å². The van der Waals surface area contributed by atoms with Crippen LogP contribution < -0.4 is 12.3 Å². The van der Waals surface area contributed by atoms with Crippen molar-refractivity contribution < 1.29 is 0 Å². The average Bonchev–Trinajstić information content (AvgIpc) is 3.21. The Bertz CT molecular complexity index is 846. The Morgan fingerprint density at radius 3 is 2.21 bits per heavy atom. The van der Waals surface area contributed by atoms with E-state index >= 15 is 0 Å². The minimum absolute atomic E-state index is 0.00840. The monoisotopic (exact) mass is 436 g/mol. The summed E-state index contributed by atoms with van der Waals surface area (Å²) >= 11 is -1.70. The molecule has 3 atom stereocenters. The molecule has 3 aromatic rings. The molecule has 2 aliphatic heterocycles. The van der Waals surface area contributed by atoms with Crippen molar-refractivity contribution in [3.05, 3.63) is 90.5 Å². The number of rotatable bonds is 2. The minimum atomic E-state index is -1.70. The maximum atomic E-state index is 2.46. The van der Waals surface area contributed by atoms with Gasteiger partial charge in [-0.2, -0.15) is 0 Å². The standard InChI is InChI=1S/C16H15P.C6H5.Sb/c1-3-7-14(8-4-1)15-11-12-17(13-15)16-9-5-2-6-10-16;1-2-4-6-5-3-1;/h1-7,9-10,13,15H,11-12H2;1-5H;. The number of hydrogen-bond donors (Lipinski definition) is 0. The summed E-state index contributed by atoms with van der Waals surface area (Å²) in [5, 5.41) is 1.64. The molecule has 0 nitrogen and oxygen atoms in total. The average molecular weight is 437 g/mol. The van der Waals surface area contributed by atoms with Crippen molar-refractivity contribution in [3.63, 3.8) is 0 Å². The van der Waals surface area contributed by atoms with Gasteiger partial charge in [-0.3, -0.25) is 0 Å². The van der Waals surface area contributed by atoms with E-state index < -0.39 is 20.2 Å². The van der Waals surface area contributed by atoms with Crippen LogP contribution in [0.2, 0.25) is 0 Å². The van der Waals surface area contributed by atoms with E-state index in [1.165, 1.54) is 12.6 Å². The summed E-state index contributed by atoms with van der Waals surface area (Å²) in [7, 11) is -0.00840. The number of benzene rings is 3.